The smallest absolute Gasteiger partial charge is 0.118 e. The van der Waals surface area contributed by atoms with Crippen LogP contribution in [0.5, 0.6) is 5.75 Å². The lowest BCUT2D eigenvalue weighted by molar-refractivity contribution is 0.288. The van der Waals surface area contributed by atoms with Gasteiger partial charge in [-0.2, -0.15) is 0 Å². The summed E-state index contributed by atoms with van der Waals surface area (Å²) in [5, 5.41) is 0. The summed E-state index contributed by atoms with van der Waals surface area (Å²) in [4.78, 5) is 2.44. The highest BCUT2D eigenvalue weighted by Gasteiger charge is 2.05. The summed E-state index contributed by atoms with van der Waals surface area (Å²) >= 11 is 0. The molecule has 3 nitrogen and oxygen atoms in total. The Kier molecular flexibility index (Phi) is 9.37. The van der Waals surface area contributed by atoms with Crippen molar-refractivity contribution in [3.8, 4) is 5.75 Å². The van der Waals surface area contributed by atoms with Crippen LogP contribution in [-0.4, -0.2) is 38.2 Å². The van der Waals surface area contributed by atoms with Crippen molar-refractivity contribution in [2.75, 3.05) is 33.3 Å². The summed E-state index contributed by atoms with van der Waals surface area (Å²) < 4.78 is 5.19. The monoisotopic (exact) mass is 334 g/mol. The Morgan fingerprint density at radius 3 is 1.91 bits per heavy atom. The van der Waals surface area contributed by atoms with Crippen molar-refractivity contribution < 1.29 is 4.74 Å². The second kappa shape index (κ2) is 11.1. The van der Waals surface area contributed by atoms with Crippen LogP contribution in [0.2, 0.25) is 0 Å². The van der Waals surface area contributed by atoms with Crippen molar-refractivity contribution in [2.24, 2.45) is 5.73 Å². The van der Waals surface area contributed by atoms with Crippen LogP contribution >= 0.6 is 12.4 Å². The maximum atomic E-state index is 5.75. The predicted octanol–water partition coefficient (Wildman–Crippen LogP) is 3.16. The van der Waals surface area contributed by atoms with Crippen molar-refractivity contribution in [2.45, 2.75) is 12.8 Å². The molecule has 2 aromatic carbocycles. The van der Waals surface area contributed by atoms with Crippen LogP contribution in [0, 0.1) is 0 Å². The molecule has 2 N–H and O–H groups in total. The minimum Gasteiger partial charge on any atom is -0.497 e. The van der Waals surface area contributed by atoms with E-state index in [1.165, 1.54) is 11.1 Å². The van der Waals surface area contributed by atoms with E-state index in [2.05, 4.69) is 47.4 Å². The zero-order chi connectivity index (χ0) is 15.6. The molecule has 0 atom stereocenters. The molecule has 2 rings (SSSR count). The van der Waals surface area contributed by atoms with E-state index >= 15 is 0 Å². The molecule has 0 aliphatic carbocycles. The summed E-state index contributed by atoms with van der Waals surface area (Å²) in [6.07, 6.45) is 2.11. The van der Waals surface area contributed by atoms with Crippen LogP contribution in [0.1, 0.15) is 11.1 Å². The van der Waals surface area contributed by atoms with Gasteiger partial charge in [0.15, 0.2) is 0 Å². The first-order valence-electron chi connectivity index (χ1n) is 7.91. The van der Waals surface area contributed by atoms with Gasteiger partial charge in [0.1, 0.15) is 5.75 Å². The van der Waals surface area contributed by atoms with Crippen molar-refractivity contribution in [1.29, 1.82) is 0 Å². The largest absolute Gasteiger partial charge is 0.497 e. The number of hydrogen-bond acceptors (Lipinski definition) is 3. The molecule has 23 heavy (non-hydrogen) atoms. The van der Waals surface area contributed by atoms with Crippen molar-refractivity contribution in [3.05, 3.63) is 65.7 Å². The Balaban J connectivity index is 0.00000264. The summed E-state index contributed by atoms with van der Waals surface area (Å²) in [6.45, 7) is 3.74. The van der Waals surface area contributed by atoms with Gasteiger partial charge in [0.2, 0.25) is 0 Å². The highest BCUT2D eigenvalue weighted by molar-refractivity contribution is 5.85. The fraction of sp³-hybridized carbons (Fsp3) is 0.368. The molecule has 0 amide bonds. The number of methoxy groups -OCH3 is 1. The molecule has 0 aromatic heterocycles. The SMILES string of the molecule is COc1ccc(CCN(CCN)CCc2ccccc2)cc1.Cl. The van der Waals surface area contributed by atoms with E-state index in [4.69, 9.17) is 10.5 Å². The Morgan fingerprint density at radius 1 is 0.826 bits per heavy atom. The topological polar surface area (TPSA) is 38.5 Å². The first-order chi connectivity index (χ1) is 10.8. The second-order valence-electron chi connectivity index (χ2n) is 5.46. The van der Waals surface area contributed by atoms with Crippen LogP contribution in [-0.2, 0) is 12.8 Å². The van der Waals surface area contributed by atoms with Crippen LogP contribution in [0.25, 0.3) is 0 Å². The minimum atomic E-state index is 0. The fourth-order valence-electron chi connectivity index (χ4n) is 2.53. The lowest BCUT2D eigenvalue weighted by Crippen LogP contribution is -2.33. The molecule has 0 heterocycles. The van der Waals surface area contributed by atoms with Gasteiger partial charge < -0.3 is 15.4 Å². The zero-order valence-corrected chi connectivity index (χ0v) is 14.6. The lowest BCUT2D eigenvalue weighted by atomic mass is 10.1. The Hall–Kier alpha value is -1.55. The van der Waals surface area contributed by atoms with E-state index in [-0.39, 0.29) is 12.4 Å². The van der Waals surface area contributed by atoms with Gasteiger partial charge in [0.25, 0.3) is 0 Å². The minimum absolute atomic E-state index is 0. The summed E-state index contributed by atoms with van der Waals surface area (Å²) in [5.41, 5.74) is 8.47. The number of halogens is 1. The van der Waals surface area contributed by atoms with E-state index in [0.29, 0.717) is 6.54 Å². The van der Waals surface area contributed by atoms with Crippen LogP contribution < -0.4 is 10.5 Å². The van der Waals surface area contributed by atoms with Crippen molar-refractivity contribution in [1.82, 2.24) is 4.90 Å². The molecule has 0 radical (unpaired) electrons. The molecular weight excluding hydrogens is 308 g/mol. The molecule has 2 aromatic rings. The van der Waals surface area contributed by atoms with Gasteiger partial charge in [-0.1, -0.05) is 42.5 Å². The standard InChI is InChI=1S/C19H26N2O.ClH/c1-22-19-9-7-18(8-10-19)12-15-21(16-13-20)14-11-17-5-3-2-4-6-17;/h2-10H,11-16,20H2,1H3;1H. The lowest BCUT2D eigenvalue weighted by Gasteiger charge is -2.21. The van der Waals surface area contributed by atoms with Gasteiger partial charge in [-0.05, 0) is 36.1 Å². The molecule has 0 spiro atoms. The van der Waals surface area contributed by atoms with Crippen LogP contribution in [0.15, 0.2) is 54.6 Å². The van der Waals surface area contributed by atoms with Gasteiger partial charge in [0, 0.05) is 26.2 Å². The van der Waals surface area contributed by atoms with Crippen LogP contribution in [0.4, 0.5) is 0 Å². The number of ether oxygens (including phenoxy) is 1. The number of hydrogen-bond donors (Lipinski definition) is 1. The molecule has 0 fully saturated rings. The van der Waals surface area contributed by atoms with Crippen molar-refractivity contribution in [3.63, 3.8) is 0 Å². The highest BCUT2D eigenvalue weighted by Crippen LogP contribution is 2.12. The summed E-state index contributed by atoms with van der Waals surface area (Å²) in [6, 6.07) is 18.9. The third-order valence-electron chi connectivity index (χ3n) is 3.88. The normalized spacial score (nSPS) is 10.4. The first-order valence-corrected chi connectivity index (χ1v) is 7.91. The molecule has 0 unspecified atom stereocenters. The van der Waals surface area contributed by atoms with E-state index in [9.17, 15) is 0 Å². The van der Waals surface area contributed by atoms with E-state index < -0.39 is 0 Å². The number of nitrogens with zero attached hydrogens (tertiary/aromatic N) is 1. The van der Waals surface area contributed by atoms with Gasteiger partial charge >= 0.3 is 0 Å². The highest BCUT2D eigenvalue weighted by atomic mass is 35.5. The van der Waals surface area contributed by atoms with Gasteiger partial charge in [-0.25, -0.2) is 0 Å². The molecular formula is C19H27ClN2O. The van der Waals surface area contributed by atoms with Crippen LogP contribution in [0.3, 0.4) is 0 Å². The summed E-state index contributed by atoms with van der Waals surface area (Å²) in [7, 11) is 1.70. The zero-order valence-electron chi connectivity index (χ0n) is 13.8. The molecule has 0 bridgehead atoms. The molecule has 126 valence electrons. The third kappa shape index (κ3) is 7.04. The van der Waals surface area contributed by atoms with Crippen molar-refractivity contribution >= 4 is 12.4 Å². The number of benzene rings is 2. The van der Waals surface area contributed by atoms with E-state index in [1.54, 1.807) is 7.11 Å². The average Bonchev–Trinajstić information content (AvgIpc) is 2.59. The van der Waals surface area contributed by atoms with E-state index in [1.807, 2.05) is 12.1 Å². The Bertz CT molecular complexity index is 531. The maximum Gasteiger partial charge on any atom is 0.118 e. The molecule has 0 saturated carbocycles. The Labute approximate surface area is 145 Å². The maximum absolute atomic E-state index is 5.75. The molecule has 0 aliphatic rings. The fourth-order valence-corrected chi connectivity index (χ4v) is 2.53. The molecule has 4 heteroatoms. The second-order valence-corrected chi connectivity index (χ2v) is 5.46. The summed E-state index contributed by atoms with van der Waals surface area (Å²) in [5.74, 6) is 0.909. The Morgan fingerprint density at radius 2 is 1.39 bits per heavy atom. The number of nitrogens with two attached hydrogens (primary N) is 1. The average molecular weight is 335 g/mol. The van der Waals surface area contributed by atoms with Gasteiger partial charge in [0.05, 0.1) is 7.11 Å². The first kappa shape index (κ1) is 19.5. The third-order valence-corrected chi connectivity index (χ3v) is 3.88. The predicted molar refractivity (Wildman–Crippen MR) is 99.6 cm³/mol. The molecule has 0 saturated heterocycles. The molecule has 0 aliphatic heterocycles. The van der Waals surface area contributed by atoms with Gasteiger partial charge in [-0.3, -0.25) is 0 Å². The van der Waals surface area contributed by atoms with E-state index in [0.717, 1.165) is 38.2 Å². The van der Waals surface area contributed by atoms with Gasteiger partial charge in [-0.15, -0.1) is 12.4 Å². The number of rotatable bonds is 9. The quantitative estimate of drug-likeness (QED) is 0.765.